The summed E-state index contributed by atoms with van der Waals surface area (Å²) in [5, 5.41) is 9.32. The fourth-order valence-electron chi connectivity index (χ4n) is 3.09. The summed E-state index contributed by atoms with van der Waals surface area (Å²) in [6, 6.07) is 4.92. The number of carbonyl (C=O) groups excluding carboxylic acids is 2. The van der Waals surface area contributed by atoms with E-state index in [1.54, 1.807) is 4.52 Å². The lowest BCUT2D eigenvalue weighted by molar-refractivity contribution is -0.124. The van der Waals surface area contributed by atoms with Crippen molar-refractivity contribution >= 4 is 23.1 Å². The van der Waals surface area contributed by atoms with Crippen molar-refractivity contribution in [2.24, 2.45) is 0 Å². The SMILES string of the molecule is Cc1cc2nc(C)c(CCC(=O)NCC(=O)Nc3ccc(F)c(F)c3)c(C)n2n1. The van der Waals surface area contributed by atoms with Gasteiger partial charge < -0.3 is 10.6 Å². The van der Waals surface area contributed by atoms with Crippen molar-refractivity contribution in [2.45, 2.75) is 33.6 Å². The summed E-state index contributed by atoms with van der Waals surface area (Å²) in [7, 11) is 0. The zero-order valence-electron chi connectivity index (χ0n) is 16.3. The summed E-state index contributed by atoms with van der Waals surface area (Å²) >= 11 is 0. The number of halogens is 2. The monoisotopic (exact) mass is 401 g/mol. The number of fused-ring (bicyclic) bond motifs is 1. The molecule has 29 heavy (non-hydrogen) atoms. The molecule has 2 heterocycles. The first-order valence-electron chi connectivity index (χ1n) is 9.08. The number of carbonyl (C=O) groups is 2. The standard InChI is InChI=1S/C20H21F2N5O2/c1-11-8-18-24-12(2)15(13(3)27(18)26-11)5-7-19(28)23-10-20(29)25-14-4-6-16(21)17(22)9-14/h4,6,8-9H,5,7,10H2,1-3H3,(H,23,28)(H,25,29). The van der Waals surface area contributed by atoms with E-state index in [2.05, 4.69) is 20.7 Å². The van der Waals surface area contributed by atoms with E-state index in [-0.39, 0.29) is 24.6 Å². The molecule has 0 aliphatic heterocycles. The predicted molar refractivity (Wildman–Crippen MR) is 104 cm³/mol. The molecule has 0 saturated carbocycles. The molecule has 1 aromatic carbocycles. The highest BCUT2D eigenvalue weighted by atomic mass is 19.2. The third-order valence-corrected chi connectivity index (χ3v) is 4.54. The lowest BCUT2D eigenvalue weighted by atomic mass is 10.1. The maximum absolute atomic E-state index is 13.2. The average molecular weight is 401 g/mol. The zero-order chi connectivity index (χ0) is 21.1. The molecule has 9 heteroatoms. The molecule has 152 valence electrons. The Labute approximate surface area is 166 Å². The van der Waals surface area contributed by atoms with Gasteiger partial charge in [0.1, 0.15) is 0 Å². The van der Waals surface area contributed by atoms with Crippen LogP contribution in [-0.2, 0) is 16.0 Å². The Kier molecular flexibility index (Phi) is 5.86. The summed E-state index contributed by atoms with van der Waals surface area (Å²) < 4.78 is 27.8. The first kappa shape index (κ1) is 20.4. The van der Waals surface area contributed by atoms with Crippen molar-refractivity contribution < 1.29 is 18.4 Å². The second kappa shape index (κ2) is 8.34. The van der Waals surface area contributed by atoms with Gasteiger partial charge >= 0.3 is 0 Å². The zero-order valence-corrected chi connectivity index (χ0v) is 16.3. The first-order valence-corrected chi connectivity index (χ1v) is 9.08. The average Bonchev–Trinajstić information content (AvgIpc) is 3.03. The summed E-state index contributed by atoms with van der Waals surface area (Å²) in [6.07, 6.45) is 0.629. The minimum Gasteiger partial charge on any atom is -0.347 e. The first-order chi connectivity index (χ1) is 13.7. The van der Waals surface area contributed by atoms with Crippen LogP contribution in [0, 0.1) is 32.4 Å². The van der Waals surface area contributed by atoms with E-state index in [4.69, 9.17) is 0 Å². The Morgan fingerprint density at radius 2 is 1.83 bits per heavy atom. The van der Waals surface area contributed by atoms with Gasteiger partial charge in [-0.15, -0.1) is 0 Å². The molecule has 2 amide bonds. The molecule has 7 nitrogen and oxygen atoms in total. The number of hydrogen-bond acceptors (Lipinski definition) is 4. The highest BCUT2D eigenvalue weighted by Crippen LogP contribution is 2.17. The van der Waals surface area contributed by atoms with Gasteiger partial charge in [-0.1, -0.05) is 0 Å². The largest absolute Gasteiger partial charge is 0.347 e. The number of aromatic nitrogens is 3. The van der Waals surface area contributed by atoms with Gasteiger partial charge in [-0.25, -0.2) is 18.3 Å². The highest BCUT2D eigenvalue weighted by molar-refractivity contribution is 5.94. The number of nitrogens with one attached hydrogen (secondary N) is 2. The van der Waals surface area contributed by atoms with E-state index >= 15 is 0 Å². The Balaban J connectivity index is 1.54. The minimum atomic E-state index is -1.06. The lowest BCUT2D eigenvalue weighted by Crippen LogP contribution is -2.33. The molecular weight excluding hydrogens is 380 g/mol. The normalized spacial score (nSPS) is 10.9. The van der Waals surface area contributed by atoms with Crippen molar-refractivity contribution in [3.63, 3.8) is 0 Å². The number of hydrogen-bond donors (Lipinski definition) is 2. The number of amides is 2. The summed E-state index contributed by atoms with van der Waals surface area (Å²) in [5.74, 6) is -2.90. The van der Waals surface area contributed by atoms with E-state index in [1.165, 1.54) is 6.07 Å². The van der Waals surface area contributed by atoms with Crippen LogP contribution in [-0.4, -0.2) is 33.0 Å². The maximum atomic E-state index is 13.2. The van der Waals surface area contributed by atoms with E-state index in [0.717, 1.165) is 40.4 Å². The maximum Gasteiger partial charge on any atom is 0.243 e. The molecule has 0 aliphatic carbocycles. The molecule has 0 aliphatic rings. The van der Waals surface area contributed by atoms with Crippen molar-refractivity contribution in [3.8, 4) is 0 Å². The van der Waals surface area contributed by atoms with Crippen LogP contribution in [0.15, 0.2) is 24.3 Å². The number of rotatable bonds is 6. The van der Waals surface area contributed by atoms with Crippen molar-refractivity contribution in [1.82, 2.24) is 19.9 Å². The van der Waals surface area contributed by atoms with Crippen molar-refractivity contribution in [1.29, 1.82) is 0 Å². The van der Waals surface area contributed by atoms with Gasteiger partial charge in [-0.2, -0.15) is 5.10 Å². The second-order valence-electron chi connectivity index (χ2n) is 6.77. The number of aryl methyl sites for hydroxylation is 3. The van der Waals surface area contributed by atoms with Crippen LogP contribution in [0.3, 0.4) is 0 Å². The van der Waals surface area contributed by atoms with Gasteiger partial charge in [-0.05, 0) is 44.9 Å². The third-order valence-electron chi connectivity index (χ3n) is 4.54. The van der Waals surface area contributed by atoms with Crippen LogP contribution in [0.2, 0.25) is 0 Å². The van der Waals surface area contributed by atoms with E-state index < -0.39 is 17.5 Å². The number of anilines is 1. The molecule has 2 aromatic heterocycles. The molecule has 0 unspecified atom stereocenters. The molecular formula is C20H21F2N5O2. The molecule has 0 bridgehead atoms. The predicted octanol–water partition coefficient (Wildman–Crippen LogP) is 2.62. The minimum absolute atomic E-state index is 0.114. The summed E-state index contributed by atoms with van der Waals surface area (Å²) in [6.45, 7) is 5.43. The summed E-state index contributed by atoms with van der Waals surface area (Å²) in [4.78, 5) is 28.5. The van der Waals surface area contributed by atoms with Crippen LogP contribution in [0.25, 0.3) is 5.65 Å². The van der Waals surface area contributed by atoms with Crippen molar-refractivity contribution in [3.05, 3.63) is 58.5 Å². The Morgan fingerprint density at radius 3 is 2.55 bits per heavy atom. The third kappa shape index (κ3) is 4.74. The van der Waals surface area contributed by atoms with Crippen LogP contribution < -0.4 is 10.6 Å². The van der Waals surface area contributed by atoms with Gasteiger partial charge in [-0.3, -0.25) is 9.59 Å². The summed E-state index contributed by atoms with van der Waals surface area (Å²) in [5.41, 5.74) is 4.43. The van der Waals surface area contributed by atoms with Gasteiger partial charge in [0.2, 0.25) is 11.8 Å². The van der Waals surface area contributed by atoms with Gasteiger partial charge in [0, 0.05) is 35.6 Å². The molecule has 0 saturated heterocycles. The topological polar surface area (TPSA) is 88.4 Å². The van der Waals surface area contributed by atoms with E-state index in [9.17, 15) is 18.4 Å². The van der Waals surface area contributed by atoms with Gasteiger partial charge in [0.25, 0.3) is 0 Å². The number of nitrogens with zero attached hydrogens (tertiary/aromatic N) is 3. The van der Waals surface area contributed by atoms with Crippen LogP contribution in [0.5, 0.6) is 0 Å². The van der Waals surface area contributed by atoms with Gasteiger partial charge in [0.15, 0.2) is 17.3 Å². The van der Waals surface area contributed by atoms with Crippen LogP contribution in [0.4, 0.5) is 14.5 Å². The lowest BCUT2D eigenvalue weighted by Gasteiger charge is -2.11. The van der Waals surface area contributed by atoms with Gasteiger partial charge in [0.05, 0.1) is 12.2 Å². The van der Waals surface area contributed by atoms with Crippen molar-refractivity contribution in [2.75, 3.05) is 11.9 Å². The highest BCUT2D eigenvalue weighted by Gasteiger charge is 2.13. The Morgan fingerprint density at radius 1 is 1.07 bits per heavy atom. The Hall–Kier alpha value is -3.36. The fraction of sp³-hybridized carbons (Fsp3) is 0.300. The molecule has 0 atom stereocenters. The smallest absolute Gasteiger partial charge is 0.243 e. The Bertz CT molecular complexity index is 1090. The van der Waals surface area contributed by atoms with Crippen LogP contribution in [0.1, 0.15) is 29.1 Å². The molecule has 2 N–H and O–H groups in total. The molecule has 0 fully saturated rings. The van der Waals surface area contributed by atoms with E-state index in [1.807, 2.05) is 26.8 Å². The molecule has 3 rings (SSSR count). The van der Waals surface area contributed by atoms with Crippen LogP contribution >= 0.6 is 0 Å². The van der Waals surface area contributed by atoms with E-state index in [0.29, 0.717) is 6.42 Å². The second-order valence-corrected chi connectivity index (χ2v) is 6.77. The molecule has 0 radical (unpaired) electrons. The molecule has 3 aromatic rings. The number of benzene rings is 1. The fourth-order valence-corrected chi connectivity index (χ4v) is 3.09. The molecule has 0 spiro atoms. The quantitative estimate of drug-likeness (QED) is 0.665.